The van der Waals surface area contributed by atoms with Crippen LogP contribution in [0, 0.1) is 0 Å². The van der Waals surface area contributed by atoms with Crippen molar-refractivity contribution in [2.75, 3.05) is 19.3 Å². The Bertz CT molecular complexity index is 299. The van der Waals surface area contributed by atoms with Crippen LogP contribution < -0.4 is 5.32 Å². The Kier molecular flexibility index (Phi) is 5.21. The monoisotopic (exact) mass is 248 g/mol. The molecular weight excluding hydrogens is 224 g/mol. The van der Waals surface area contributed by atoms with Crippen LogP contribution in [0.5, 0.6) is 0 Å². The summed E-state index contributed by atoms with van der Waals surface area (Å²) in [5, 5.41) is 3.33. The van der Waals surface area contributed by atoms with Crippen LogP contribution in [0.2, 0.25) is 0 Å². The van der Waals surface area contributed by atoms with Crippen molar-refractivity contribution in [1.82, 2.24) is 9.62 Å². The highest BCUT2D eigenvalue weighted by molar-refractivity contribution is 7.89. The fraction of sp³-hybridized carbons (Fsp3) is 1.00. The van der Waals surface area contributed by atoms with Crippen molar-refractivity contribution in [2.24, 2.45) is 0 Å². The summed E-state index contributed by atoms with van der Waals surface area (Å²) in [4.78, 5) is 0. The fourth-order valence-corrected chi connectivity index (χ4v) is 3.02. The Morgan fingerprint density at radius 1 is 1.44 bits per heavy atom. The third-order valence-electron chi connectivity index (χ3n) is 3.24. The molecule has 1 atom stereocenters. The summed E-state index contributed by atoms with van der Waals surface area (Å²) in [7, 11) is -1.38. The summed E-state index contributed by atoms with van der Waals surface area (Å²) in [5.74, 6) is 0.257. The van der Waals surface area contributed by atoms with Gasteiger partial charge in [-0.2, -0.15) is 0 Å². The molecule has 1 N–H and O–H groups in total. The topological polar surface area (TPSA) is 49.4 Å². The number of rotatable bonds is 8. The van der Waals surface area contributed by atoms with E-state index in [9.17, 15) is 8.42 Å². The molecule has 0 aliphatic heterocycles. The molecule has 0 spiro atoms. The van der Waals surface area contributed by atoms with Crippen LogP contribution in [0.4, 0.5) is 0 Å². The molecule has 0 radical (unpaired) electrons. The average molecular weight is 248 g/mol. The van der Waals surface area contributed by atoms with E-state index in [1.165, 1.54) is 17.1 Å². The van der Waals surface area contributed by atoms with E-state index in [4.69, 9.17) is 0 Å². The molecule has 0 aromatic carbocycles. The summed E-state index contributed by atoms with van der Waals surface area (Å²) in [5.41, 5.74) is 0. The Balaban J connectivity index is 2.26. The maximum Gasteiger partial charge on any atom is 0.214 e. The zero-order valence-corrected chi connectivity index (χ0v) is 11.4. The minimum Gasteiger partial charge on any atom is -0.314 e. The van der Waals surface area contributed by atoms with Gasteiger partial charge in [0.25, 0.3) is 0 Å². The molecule has 0 aromatic heterocycles. The molecule has 1 rings (SSSR count). The van der Waals surface area contributed by atoms with Crippen LogP contribution in [0.3, 0.4) is 0 Å². The van der Waals surface area contributed by atoms with Crippen molar-refractivity contribution in [2.45, 2.75) is 51.6 Å². The molecule has 1 fully saturated rings. The van der Waals surface area contributed by atoms with E-state index in [1.807, 2.05) is 13.8 Å². The normalized spacial score (nSPS) is 19.0. The van der Waals surface area contributed by atoms with Crippen LogP contribution in [-0.4, -0.2) is 44.2 Å². The van der Waals surface area contributed by atoms with Crippen LogP contribution in [-0.2, 0) is 10.0 Å². The van der Waals surface area contributed by atoms with Crippen LogP contribution in [0.1, 0.15) is 39.5 Å². The number of nitrogens with zero attached hydrogens (tertiary/aromatic N) is 1. The summed E-state index contributed by atoms with van der Waals surface area (Å²) < 4.78 is 25.3. The van der Waals surface area contributed by atoms with Gasteiger partial charge >= 0.3 is 0 Å². The van der Waals surface area contributed by atoms with E-state index in [0.717, 1.165) is 13.0 Å². The number of hydrogen-bond acceptors (Lipinski definition) is 3. The minimum atomic E-state index is -3.06. The van der Waals surface area contributed by atoms with Crippen LogP contribution in [0.15, 0.2) is 0 Å². The van der Waals surface area contributed by atoms with Gasteiger partial charge < -0.3 is 5.32 Å². The second-order valence-electron chi connectivity index (χ2n) is 4.67. The SMILES string of the molecule is CCC(C)N(C)S(=O)(=O)CCCNC1CC1. The first-order valence-corrected chi connectivity index (χ1v) is 7.77. The lowest BCUT2D eigenvalue weighted by Gasteiger charge is -2.23. The molecule has 0 saturated heterocycles. The smallest absolute Gasteiger partial charge is 0.214 e. The first-order valence-electron chi connectivity index (χ1n) is 6.16. The van der Waals surface area contributed by atoms with Crippen molar-refractivity contribution in [1.29, 1.82) is 0 Å². The standard InChI is InChI=1S/C11H24N2O2S/c1-4-10(2)13(3)16(14,15)9-5-8-12-11-6-7-11/h10-12H,4-9H2,1-3H3. The van der Waals surface area contributed by atoms with Gasteiger partial charge in [-0.15, -0.1) is 0 Å². The Morgan fingerprint density at radius 3 is 2.56 bits per heavy atom. The van der Waals surface area contributed by atoms with Gasteiger partial charge in [0.05, 0.1) is 5.75 Å². The van der Waals surface area contributed by atoms with Crippen molar-refractivity contribution in [3.8, 4) is 0 Å². The molecule has 0 bridgehead atoms. The minimum absolute atomic E-state index is 0.0985. The van der Waals surface area contributed by atoms with E-state index in [1.54, 1.807) is 7.05 Å². The van der Waals surface area contributed by atoms with Gasteiger partial charge in [-0.1, -0.05) is 6.92 Å². The molecule has 1 aliphatic rings. The molecule has 0 aromatic rings. The Labute approximate surface area is 99.5 Å². The number of sulfonamides is 1. The van der Waals surface area contributed by atoms with Gasteiger partial charge in [-0.25, -0.2) is 12.7 Å². The van der Waals surface area contributed by atoms with E-state index >= 15 is 0 Å². The summed E-state index contributed by atoms with van der Waals surface area (Å²) in [6.45, 7) is 4.77. The first kappa shape index (κ1) is 13.9. The number of hydrogen-bond donors (Lipinski definition) is 1. The molecular formula is C11H24N2O2S. The van der Waals surface area contributed by atoms with Crippen molar-refractivity contribution in [3.05, 3.63) is 0 Å². The molecule has 1 unspecified atom stereocenters. The van der Waals surface area contributed by atoms with Gasteiger partial charge in [0.2, 0.25) is 10.0 Å². The van der Waals surface area contributed by atoms with Gasteiger partial charge in [-0.05, 0) is 39.2 Å². The molecule has 96 valence electrons. The van der Waals surface area contributed by atoms with Crippen molar-refractivity contribution >= 4 is 10.0 Å². The molecule has 4 nitrogen and oxygen atoms in total. The van der Waals surface area contributed by atoms with Crippen LogP contribution >= 0.6 is 0 Å². The van der Waals surface area contributed by atoms with E-state index < -0.39 is 10.0 Å². The fourth-order valence-electron chi connectivity index (χ4n) is 1.52. The summed E-state index contributed by atoms with van der Waals surface area (Å²) in [6.07, 6.45) is 4.06. The molecule has 0 heterocycles. The Hall–Kier alpha value is -0.130. The lowest BCUT2D eigenvalue weighted by atomic mass is 10.3. The van der Waals surface area contributed by atoms with Crippen molar-refractivity contribution < 1.29 is 8.42 Å². The van der Waals surface area contributed by atoms with Crippen molar-refractivity contribution in [3.63, 3.8) is 0 Å². The highest BCUT2D eigenvalue weighted by Gasteiger charge is 2.23. The average Bonchev–Trinajstić information content (AvgIpc) is 3.06. The highest BCUT2D eigenvalue weighted by atomic mass is 32.2. The predicted molar refractivity (Wildman–Crippen MR) is 66.9 cm³/mol. The third kappa shape index (κ3) is 4.39. The summed E-state index contributed by atoms with van der Waals surface area (Å²) >= 11 is 0. The zero-order valence-electron chi connectivity index (χ0n) is 10.6. The maximum atomic E-state index is 11.9. The van der Waals surface area contributed by atoms with Gasteiger partial charge in [-0.3, -0.25) is 0 Å². The van der Waals surface area contributed by atoms with Gasteiger partial charge in [0.1, 0.15) is 0 Å². The van der Waals surface area contributed by atoms with E-state index in [-0.39, 0.29) is 11.8 Å². The summed E-state index contributed by atoms with van der Waals surface area (Å²) in [6, 6.07) is 0.761. The molecule has 1 saturated carbocycles. The van der Waals surface area contributed by atoms with Gasteiger partial charge in [0, 0.05) is 19.1 Å². The van der Waals surface area contributed by atoms with E-state index in [2.05, 4.69) is 5.32 Å². The lowest BCUT2D eigenvalue weighted by Crippen LogP contribution is -2.37. The van der Waals surface area contributed by atoms with Gasteiger partial charge in [0.15, 0.2) is 0 Å². The second kappa shape index (κ2) is 5.98. The predicted octanol–water partition coefficient (Wildman–Crippen LogP) is 1.19. The van der Waals surface area contributed by atoms with Crippen LogP contribution in [0.25, 0.3) is 0 Å². The molecule has 5 heteroatoms. The van der Waals surface area contributed by atoms with E-state index in [0.29, 0.717) is 12.5 Å². The lowest BCUT2D eigenvalue weighted by molar-refractivity contribution is 0.380. The molecule has 16 heavy (non-hydrogen) atoms. The first-order chi connectivity index (χ1) is 7.47. The number of nitrogens with one attached hydrogen (secondary N) is 1. The maximum absolute atomic E-state index is 11.9. The third-order valence-corrected chi connectivity index (χ3v) is 5.28. The quantitative estimate of drug-likeness (QED) is 0.656. The molecule has 0 amide bonds. The zero-order chi connectivity index (χ0) is 12.2. The molecule has 1 aliphatic carbocycles. The highest BCUT2D eigenvalue weighted by Crippen LogP contribution is 2.18. The Morgan fingerprint density at radius 2 is 2.06 bits per heavy atom. The second-order valence-corrected chi connectivity index (χ2v) is 6.82. The largest absolute Gasteiger partial charge is 0.314 e.